The van der Waals surface area contributed by atoms with Gasteiger partial charge in [-0.25, -0.2) is 0 Å². The van der Waals surface area contributed by atoms with E-state index in [1.54, 1.807) is 14.2 Å². The Kier molecular flexibility index (Phi) is 5.26. The van der Waals surface area contributed by atoms with Crippen LogP contribution in [0.3, 0.4) is 0 Å². The molecule has 0 aliphatic carbocycles. The lowest BCUT2D eigenvalue weighted by molar-refractivity contribution is 0.240. The van der Waals surface area contributed by atoms with Crippen molar-refractivity contribution in [2.45, 2.75) is 32.4 Å². The van der Waals surface area contributed by atoms with Crippen LogP contribution in [0.2, 0.25) is 0 Å². The molecule has 1 aliphatic heterocycles. The molecule has 2 aromatic rings. The van der Waals surface area contributed by atoms with Gasteiger partial charge in [-0.05, 0) is 32.4 Å². The molecule has 0 amide bonds. The molecule has 1 fully saturated rings. The largest absolute Gasteiger partial charge is 0.497 e. The highest BCUT2D eigenvalue weighted by Gasteiger charge is 2.28. The van der Waals surface area contributed by atoms with E-state index in [1.165, 1.54) is 16.9 Å². The highest BCUT2D eigenvalue weighted by molar-refractivity contribution is 7.07. The third-order valence-electron chi connectivity index (χ3n) is 4.75. The molecule has 1 aromatic carbocycles. The van der Waals surface area contributed by atoms with Gasteiger partial charge >= 0.3 is 4.87 Å². The number of hydrogen-bond donors (Lipinski definition) is 0. The van der Waals surface area contributed by atoms with Crippen molar-refractivity contribution >= 4 is 11.3 Å². The summed E-state index contributed by atoms with van der Waals surface area (Å²) in [6.07, 6.45) is 2.28. The van der Waals surface area contributed by atoms with Crippen molar-refractivity contribution in [2.75, 3.05) is 27.3 Å². The summed E-state index contributed by atoms with van der Waals surface area (Å²) in [6, 6.07) is 6.37. The van der Waals surface area contributed by atoms with E-state index in [0.717, 1.165) is 49.7 Å². The van der Waals surface area contributed by atoms with Crippen molar-refractivity contribution in [1.82, 2.24) is 9.47 Å². The molecule has 3 rings (SSSR count). The minimum absolute atomic E-state index is 0.130. The third-order valence-corrected chi connectivity index (χ3v) is 5.63. The highest BCUT2D eigenvalue weighted by Crippen LogP contribution is 2.38. The van der Waals surface area contributed by atoms with E-state index >= 15 is 0 Å². The molecule has 130 valence electrons. The van der Waals surface area contributed by atoms with Crippen molar-refractivity contribution in [3.8, 4) is 11.5 Å². The number of rotatable bonds is 6. The molecule has 24 heavy (non-hydrogen) atoms. The number of hydrogen-bond acceptors (Lipinski definition) is 5. The Labute approximate surface area is 146 Å². The zero-order valence-electron chi connectivity index (χ0n) is 14.4. The first-order valence-corrected chi connectivity index (χ1v) is 9.13. The van der Waals surface area contributed by atoms with E-state index in [4.69, 9.17) is 9.47 Å². The maximum Gasteiger partial charge on any atom is 0.307 e. The average molecular weight is 348 g/mol. The molecule has 1 unspecified atom stereocenters. The lowest BCUT2D eigenvalue weighted by atomic mass is 10.0. The summed E-state index contributed by atoms with van der Waals surface area (Å²) < 4.78 is 12.7. The van der Waals surface area contributed by atoms with Crippen LogP contribution >= 0.6 is 11.3 Å². The maximum atomic E-state index is 11.9. The molecule has 0 spiro atoms. The molecule has 1 aromatic heterocycles. The lowest BCUT2D eigenvalue weighted by Gasteiger charge is -2.26. The van der Waals surface area contributed by atoms with Crippen molar-refractivity contribution < 1.29 is 9.47 Å². The molecule has 0 N–H and O–H groups in total. The van der Waals surface area contributed by atoms with Gasteiger partial charge in [0.05, 0.1) is 14.2 Å². The fourth-order valence-electron chi connectivity index (χ4n) is 3.44. The third kappa shape index (κ3) is 3.35. The van der Waals surface area contributed by atoms with Crippen molar-refractivity contribution in [1.29, 1.82) is 0 Å². The van der Waals surface area contributed by atoms with Gasteiger partial charge in [-0.2, -0.15) is 0 Å². The molecule has 0 saturated carbocycles. The summed E-state index contributed by atoms with van der Waals surface area (Å²) in [7, 11) is 3.36. The van der Waals surface area contributed by atoms with Gasteiger partial charge < -0.3 is 14.0 Å². The maximum absolute atomic E-state index is 11.9. The van der Waals surface area contributed by atoms with Crippen LogP contribution in [-0.2, 0) is 6.54 Å². The Morgan fingerprint density at radius 3 is 2.75 bits per heavy atom. The summed E-state index contributed by atoms with van der Waals surface area (Å²) in [5.41, 5.74) is 2.24. The number of nitrogens with zero attached hydrogens (tertiary/aromatic N) is 2. The van der Waals surface area contributed by atoms with E-state index in [0.29, 0.717) is 6.04 Å². The molecule has 1 saturated heterocycles. The molecular formula is C18H24N2O3S. The highest BCUT2D eigenvalue weighted by atomic mass is 32.1. The van der Waals surface area contributed by atoms with E-state index in [-0.39, 0.29) is 4.87 Å². The topological polar surface area (TPSA) is 43.7 Å². The van der Waals surface area contributed by atoms with Crippen LogP contribution in [0, 0.1) is 6.92 Å². The van der Waals surface area contributed by atoms with Gasteiger partial charge in [-0.15, -0.1) is 0 Å². The molecule has 1 aliphatic rings. The quantitative estimate of drug-likeness (QED) is 0.805. The Bertz CT molecular complexity index is 753. The summed E-state index contributed by atoms with van der Waals surface area (Å²) in [5.74, 6) is 1.68. The fourth-order valence-corrected chi connectivity index (χ4v) is 4.20. The Hall–Kier alpha value is -1.79. The van der Waals surface area contributed by atoms with Gasteiger partial charge in [0.2, 0.25) is 0 Å². The van der Waals surface area contributed by atoms with Gasteiger partial charge in [0.25, 0.3) is 0 Å². The molecule has 1 atom stereocenters. The number of likely N-dealkylation sites (tertiary alicyclic amines) is 1. The van der Waals surface area contributed by atoms with Gasteiger partial charge in [0, 0.05) is 41.8 Å². The van der Waals surface area contributed by atoms with Crippen LogP contribution in [-0.4, -0.2) is 36.8 Å². The van der Waals surface area contributed by atoms with E-state index < -0.39 is 0 Å². The number of aromatic nitrogens is 1. The predicted molar refractivity (Wildman–Crippen MR) is 96.4 cm³/mol. The van der Waals surface area contributed by atoms with E-state index in [1.807, 2.05) is 29.0 Å². The fraction of sp³-hybridized carbons (Fsp3) is 0.500. The Morgan fingerprint density at radius 1 is 1.25 bits per heavy atom. The first kappa shape index (κ1) is 17.0. The van der Waals surface area contributed by atoms with Crippen molar-refractivity contribution in [2.24, 2.45) is 0 Å². The molecule has 5 nitrogen and oxygen atoms in total. The SMILES string of the molecule is COc1ccc(C2CCCN2CCn2c(C)csc2=O)c(OC)c1. The van der Waals surface area contributed by atoms with Crippen LogP contribution < -0.4 is 14.3 Å². The number of thiazole rings is 1. The van der Waals surface area contributed by atoms with E-state index in [2.05, 4.69) is 11.0 Å². The number of methoxy groups -OCH3 is 2. The molecule has 0 radical (unpaired) electrons. The minimum Gasteiger partial charge on any atom is -0.497 e. The second-order valence-electron chi connectivity index (χ2n) is 6.10. The van der Waals surface area contributed by atoms with Crippen molar-refractivity contribution in [3.63, 3.8) is 0 Å². The second-order valence-corrected chi connectivity index (χ2v) is 6.92. The second kappa shape index (κ2) is 7.40. The molecular weight excluding hydrogens is 324 g/mol. The Morgan fingerprint density at radius 2 is 2.08 bits per heavy atom. The molecule has 6 heteroatoms. The monoisotopic (exact) mass is 348 g/mol. The van der Waals surface area contributed by atoms with Crippen LogP contribution in [0.15, 0.2) is 28.4 Å². The zero-order valence-corrected chi connectivity index (χ0v) is 15.3. The lowest BCUT2D eigenvalue weighted by Crippen LogP contribution is -2.30. The zero-order chi connectivity index (χ0) is 17.1. The van der Waals surface area contributed by atoms with Gasteiger partial charge in [0.15, 0.2) is 0 Å². The minimum atomic E-state index is 0.130. The van der Waals surface area contributed by atoms with Crippen LogP contribution in [0.5, 0.6) is 11.5 Å². The number of aryl methyl sites for hydroxylation is 1. The smallest absolute Gasteiger partial charge is 0.307 e. The van der Waals surface area contributed by atoms with Gasteiger partial charge in [-0.1, -0.05) is 17.4 Å². The number of benzene rings is 1. The van der Waals surface area contributed by atoms with Crippen LogP contribution in [0.4, 0.5) is 0 Å². The summed E-state index contributed by atoms with van der Waals surface area (Å²) in [5, 5.41) is 1.93. The standard InChI is InChI=1S/C18H24N2O3S/c1-13-12-24-18(21)20(13)10-9-19-8-4-5-16(19)15-7-6-14(22-2)11-17(15)23-3/h6-7,11-12,16H,4-5,8-10H2,1-3H3. The average Bonchev–Trinajstić information content (AvgIpc) is 3.19. The Balaban J connectivity index is 1.77. The summed E-state index contributed by atoms with van der Waals surface area (Å²) in [4.78, 5) is 14.5. The predicted octanol–water partition coefficient (Wildman–Crippen LogP) is 3.07. The molecule has 0 bridgehead atoms. The normalized spacial score (nSPS) is 18.0. The first-order valence-electron chi connectivity index (χ1n) is 8.25. The summed E-state index contributed by atoms with van der Waals surface area (Å²) in [6.45, 7) is 4.66. The van der Waals surface area contributed by atoms with Crippen molar-refractivity contribution in [3.05, 3.63) is 44.5 Å². The number of ether oxygens (including phenoxy) is 2. The first-order chi connectivity index (χ1) is 11.6. The van der Waals surface area contributed by atoms with E-state index in [9.17, 15) is 4.79 Å². The van der Waals surface area contributed by atoms with Crippen LogP contribution in [0.25, 0.3) is 0 Å². The molecule has 2 heterocycles. The van der Waals surface area contributed by atoms with Crippen LogP contribution in [0.1, 0.15) is 30.1 Å². The van der Waals surface area contributed by atoms with Gasteiger partial charge in [-0.3, -0.25) is 9.69 Å². The van der Waals surface area contributed by atoms with Gasteiger partial charge in [0.1, 0.15) is 11.5 Å². The summed E-state index contributed by atoms with van der Waals surface area (Å²) >= 11 is 1.28.